The minimum atomic E-state index is -0.188. The van der Waals surface area contributed by atoms with Gasteiger partial charge in [-0.3, -0.25) is 0 Å². The molecule has 0 bridgehead atoms. The number of ether oxygens (including phenoxy) is 2. The zero-order chi connectivity index (χ0) is 15.6. The second kappa shape index (κ2) is 9.99. The van der Waals surface area contributed by atoms with E-state index in [9.17, 15) is 4.79 Å². The molecule has 3 nitrogen and oxygen atoms in total. The molecule has 0 saturated heterocycles. The van der Waals surface area contributed by atoms with Crippen LogP contribution in [0.1, 0.15) is 78.6 Å². The molecule has 0 fully saturated rings. The summed E-state index contributed by atoms with van der Waals surface area (Å²) in [4.78, 5) is 11.6. The van der Waals surface area contributed by atoms with E-state index in [1.807, 2.05) is 6.92 Å². The molecular weight excluding hydrogens is 264 g/mol. The highest BCUT2D eigenvalue weighted by atomic mass is 16.5. The predicted octanol–water partition coefficient (Wildman–Crippen LogP) is 4.80. The molecule has 0 aromatic rings. The largest absolute Gasteiger partial charge is 0.463 e. The Morgan fingerprint density at radius 2 is 1.57 bits per heavy atom. The SMILES string of the molecule is CC1=CC(=O)OCCCCCCCCOC(C)(C)CCC1. The van der Waals surface area contributed by atoms with Crippen molar-refractivity contribution >= 4 is 5.97 Å². The van der Waals surface area contributed by atoms with Crippen LogP contribution in [-0.4, -0.2) is 24.8 Å². The van der Waals surface area contributed by atoms with E-state index in [0.29, 0.717) is 6.61 Å². The van der Waals surface area contributed by atoms with Crippen LogP contribution in [0.5, 0.6) is 0 Å². The molecule has 1 aliphatic heterocycles. The molecular formula is C18H32O3. The maximum absolute atomic E-state index is 11.6. The summed E-state index contributed by atoms with van der Waals surface area (Å²) in [5, 5.41) is 0. The van der Waals surface area contributed by atoms with Crippen molar-refractivity contribution in [1.82, 2.24) is 0 Å². The molecule has 0 unspecified atom stereocenters. The Morgan fingerprint density at radius 3 is 2.29 bits per heavy atom. The summed E-state index contributed by atoms with van der Waals surface area (Å²) in [7, 11) is 0. The fraction of sp³-hybridized carbons (Fsp3) is 0.833. The zero-order valence-electron chi connectivity index (χ0n) is 14.1. The summed E-state index contributed by atoms with van der Waals surface area (Å²) in [5.74, 6) is -0.188. The average molecular weight is 296 g/mol. The molecule has 0 aromatic heterocycles. The van der Waals surface area contributed by atoms with Crippen molar-refractivity contribution in [3.05, 3.63) is 11.6 Å². The highest BCUT2D eigenvalue weighted by Crippen LogP contribution is 2.20. The Balaban J connectivity index is 2.47. The number of carbonyl (C=O) groups excluding carboxylic acids is 1. The lowest BCUT2D eigenvalue weighted by molar-refractivity contribution is -0.137. The van der Waals surface area contributed by atoms with Gasteiger partial charge in [0, 0.05) is 12.7 Å². The van der Waals surface area contributed by atoms with Gasteiger partial charge in [-0.05, 0) is 52.9 Å². The fourth-order valence-electron chi connectivity index (χ4n) is 2.61. The van der Waals surface area contributed by atoms with E-state index in [-0.39, 0.29) is 11.6 Å². The van der Waals surface area contributed by atoms with Gasteiger partial charge in [0.25, 0.3) is 0 Å². The summed E-state index contributed by atoms with van der Waals surface area (Å²) >= 11 is 0. The molecule has 1 heterocycles. The lowest BCUT2D eigenvalue weighted by atomic mass is 9.99. The number of hydrogen-bond donors (Lipinski definition) is 0. The summed E-state index contributed by atoms with van der Waals surface area (Å²) in [6.45, 7) is 7.74. The lowest BCUT2D eigenvalue weighted by Crippen LogP contribution is -2.24. The Kier molecular flexibility index (Phi) is 8.67. The summed E-state index contributed by atoms with van der Waals surface area (Å²) in [5.41, 5.74) is 1.04. The standard InChI is InChI=1S/C18H32O3/c1-16-11-10-12-18(2,3)21-14-9-7-5-4-6-8-13-20-17(19)15-16/h15H,4-14H2,1-3H3. The number of allylic oxidation sites excluding steroid dienone is 1. The van der Waals surface area contributed by atoms with Gasteiger partial charge in [-0.15, -0.1) is 0 Å². The third-order valence-corrected chi connectivity index (χ3v) is 3.99. The third kappa shape index (κ3) is 9.67. The molecule has 1 aliphatic rings. The van der Waals surface area contributed by atoms with Crippen molar-refractivity contribution in [3.63, 3.8) is 0 Å². The highest BCUT2D eigenvalue weighted by Gasteiger charge is 2.17. The van der Waals surface area contributed by atoms with Crippen LogP contribution in [0.2, 0.25) is 0 Å². The monoisotopic (exact) mass is 296 g/mol. The van der Waals surface area contributed by atoms with E-state index in [1.54, 1.807) is 6.08 Å². The first-order valence-corrected chi connectivity index (χ1v) is 8.47. The first-order valence-electron chi connectivity index (χ1n) is 8.47. The maximum Gasteiger partial charge on any atom is 0.330 e. The van der Waals surface area contributed by atoms with Crippen LogP contribution >= 0.6 is 0 Å². The van der Waals surface area contributed by atoms with Crippen molar-refractivity contribution in [3.8, 4) is 0 Å². The second-order valence-corrected chi connectivity index (χ2v) is 6.74. The van der Waals surface area contributed by atoms with Crippen molar-refractivity contribution < 1.29 is 14.3 Å². The van der Waals surface area contributed by atoms with Crippen LogP contribution in [0, 0.1) is 0 Å². The van der Waals surface area contributed by atoms with Gasteiger partial charge in [0.1, 0.15) is 0 Å². The molecule has 0 N–H and O–H groups in total. The first kappa shape index (κ1) is 18.2. The van der Waals surface area contributed by atoms with E-state index >= 15 is 0 Å². The Morgan fingerprint density at radius 1 is 0.952 bits per heavy atom. The molecule has 0 aromatic carbocycles. The Labute approximate surface area is 130 Å². The average Bonchev–Trinajstić information content (AvgIpc) is 2.39. The van der Waals surface area contributed by atoms with Crippen LogP contribution < -0.4 is 0 Å². The van der Waals surface area contributed by atoms with Crippen molar-refractivity contribution in [2.45, 2.75) is 84.2 Å². The van der Waals surface area contributed by atoms with Crippen LogP contribution in [0.4, 0.5) is 0 Å². The summed E-state index contributed by atoms with van der Waals surface area (Å²) in [6.07, 6.45) is 11.6. The number of hydrogen-bond acceptors (Lipinski definition) is 3. The molecule has 0 radical (unpaired) electrons. The van der Waals surface area contributed by atoms with Crippen molar-refractivity contribution in [2.75, 3.05) is 13.2 Å². The number of esters is 1. The van der Waals surface area contributed by atoms with Gasteiger partial charge in [-0.1, -0.05) is 31.3 Å². The van der Waals surface area contributed by atoms with Gasteiger partial charge in [-0.2, -0.15) is 0 Å². The molecule has 1 rings (SSSR count). The Bertz CT molecular complexity index is 331. The van der Waals surface area contributed by atoms with Gasteiger partial charge in [0.2, 0.25) is 0 Å². The van der Waals surface area contributed by atoms with Gasteiger partial charge in [0.05, 0.1) is 12.2 Å². The molecule has 0 atom stereocenters. The smallest absolute Gasteiger partial charge is 0.330 e. The van der Waals surface area contributed by atoms with E-state index in [1.165, 1.54) is 19.3 Å². The quantitative estimate of drug-likeness (QED) is 0.603. The zero-order valence-corrected chi connectivity index (χ0v) is 14.1. The van der Waals surface area contributed by atoms with Gasteiger partial charge in [-0.25, -0.2) is 4.79 Å². The minimum Gasteiger partial charge on any atom is -0.463 e. The molecule has 122 valence electrons. The first-order chi connectivity index (χ1) is 9.99. The molecule has 0 aliphatic carbocycles. The van der Waals surface area contributed by atoms with Gasteiger partial charge >= 0.3 is 5.97 Å². The number of cyclic esters (lactones) is 1. The Hall–Kier alpha value is -0.830. The third-order valence-electron chi connectivity index (χ3n) is 3.99. The molecule has 21 heavy (non-hydrogen) atoms. The van der Waals surface area contributed by atoms with E-state index < -0.39 is 0 Å². The fourth-order valence-corrected chi connectivity index (χ4v) is 2.61. The molecule has 3 heteroatoms. The van der Waals surface area contributed by atoms with Crippen molar-refractivity contribution in [1.29, 1.82) is 0 Å². The van der Waals surface area contributed by atoms with Crippen LogP contribution in [0.3, 0.4) is 0 Å². The normalized spacial score (nSPS) is 23.8. The maximum atomic E-state index is 11.6. The summed E-state index contributed by atoms with van der Waals surface area (Å²) < 4.78 is 11.2. The molecule has 0 spiro atoms. The highest BCUT2D eigenvalue weighted by molar-refractivity contribution is 5.82. The molecule has 0 amide bonds. The van der Waals surface area contributed by atoms with Gasteiger partial charge in [0.15, 0.2) is 0 Å². The van der Waals surface area contributed by atoms with Crippen LogP contribution in [-0.2, 0) is 14.3 Å². The molecule has 0 saturated carbocycles. The van der Waals surface area contributed by atoms with E-state index in [4.69, 9.17) is 9.47 Å². The van der Waals surface area contributed by atoms with Crippen molar-refractivity contribution in [2.24, 2.45) is 0 Å². The number of rotatable bonds is 0. The second-order valence-electron chi connectivity index (χ2n) is 6.74. The number of carbonyl (C=O) groups is 1. The van der Waals surface area contributed by atoms with E-state index in [2.05, 4.69) is 13.8 Å². The minimum absolute atomic E-state index is 0.0608. The topological polar surface area (TPSA) is 35.5 Å². The van der Waals surface area contributed by atoms with Gasteiger partial charge < -0.3 is 9.47 Å². The summed E-state index contributed by atoms with van der Waals surface area (Å²) in [6, 6.07) is 0. The lowest BCUT2D eigenvalue weighted by Gasteiger charge is -2.25. The van der Waals surface area contributed by atoms with Crippen LogP contribution in [0.25, 0.3) is 0 Å². The predicted molar refractivity (Wildman–Crippen MR) is 86.3 cm³/mol. The van der Waals surface area contributed by atoms with Crippen LogP contribution in [0.15, 0.2) is 11.6 Å². The van der Waals surface area contributed by atoms with E-state index in [0.717, 1.165) is 50.7 Å².